The minimum absolute atomic E-state index is 0.732. The predicted octanol–water partition coefficient (Wildman–Crippen LogP) is 4.67. The summed E-state index contributed by atoms with van der Waals surface area (Å²) >= 11 is 1.72. The lowest BCUT2D eigenvalue weighted by Crippen LogP contribution is -2.31. The van der Waals surface area contributed by atoms with Crippen molar-refractivity contribution in [2.75, 3.05) is 0 Å². The van der Waals surface area contributed by atoms with Gasteiger partial charge in [-0.05, 0) is 43.3 Å². The highest BCUT2D eigenvalue weighted by molar-refractivity contribution is 7.15. The van der Waals surface area contributed by atoms with Gasteiger partial charge in [0.25, 0.3) is 5.82 Å². The first kappa shape index (κ1) is 18.0. The van der Waals surface area contributed by atoms with Crippen molar-refractivity contribution in [1.82, 2.24) is 30.1 Å². The van der Waals surface area contributed by atoms with Gasteiger partial charge in [-0.3, -0.25) is 10.1 Å². The number of fused-ring (bicyclic) bond motifs is 2. The quantitative estimate of drug-likeness (QED) is 0.359. The number of pyridine rings is 1. The fourth-order valence-electron chi connectivity index (χ4n) is 3.97. The molecule has 1 aromatic carbocycles. The summed E-state index contributed by atoms with van der Waals surface area (Å²) in [5, 5.41) is 8.74. The minimum atomic E-state index is 0.732. The molecule has 0 aliphatic carbocycles. The molecule has 3 N–H and O–H groups in total. The molecule has 7 nitrogen and oxygen atoms in total. The third-order valence-corrected chi connectivity index (χ3v) is 6.75. The summed E-state index contributed by atoms with van der Waals surface area (Å²) in [4.78, 5) is 18.6. The van der Waals surface area contributed by atoms with Crippen LogP contribution in [0, 0.1) is 13.8 Å². The molecule has 0 aliphatic rings. The Balaban J connectivity index is 1.52. The maximum Gasteiger partial charge on any atom is 0.251 e. The first-order valence-electron chi connectivity index (χ1n) is 10.0. The molecule has 0 bridgehead atoms. The second-order valence-electron chi connectivity index (χ2n) is 7.70. The predicted molar refractivity (Wildman–Crippen MR) is 123 cm³/mol. The zero-order valence-corrected chi connectivity index (χ0v) is 18.1. The van der Waals surface area contributed by atoms with Crippen molar-refractivity contribution in [3.8, 4) is 33.3 Å². The number of hydrogen-bond donors (Lipinski definition) is 3. The van der Waals surface area contributed by atoms with Gasteiger partial charge in [0.1, 0.15) is 23.1 Å². The lowest BCUT2D eigenvalue weighted by atomic mass is 10.1. The number of aromatic nitrogens is 7. The fourth-order valence-corrected chi connectivity index (χ4v) is 4.83. The molecule has 0 spiro atoms. The molecule has 0 fully saturated rings. The Morgan fingerprint density at radius 2 is 1.90 bits per heavy atom. The Kier molecular flexibility index (Phi) is 3.85. The molecule has 0 saturated carbocycles. The van der Waals surface area contributed by atoms with Gasteiger partial charge in [-0.25, -0.2) is 14.5 Å². The van der Waals surface area contributed by atoms with Crippen LogP contribution in [0.5, 0.6) is 0 Å². The molecule has 6 rings (SSSR count). The zero-order valence-electron chi connectivity index (χ0n) is 17.3. The van der Waals surface area contributed by atoms with E-state index in [0.29, 0.717) is 0 Å². The van der Waals surface area contributed by atoms with Gasteiger partial charge in [0.05, 0.1) is 23.0 Å². The lowest BCUT2D eigenvalue weighted by molar-refractivity contribution is -0.665. The maximum atomic E-state index is 4.91. The Morgan fingerprint density at radius 1 is 1.00 bits per heavy atom. The number of aryl methyl sites for hydroxylation is 2. The van der Waals surface area contributed by atoms with Crippen molar-refractivity contribution in [3.05, 3.63) is 59.5 Å². The standard InChI is InChI=1S/C23H19N7S/c1-12-4-7-19(31-12)22-21-17(8-9-24-22)26-23(27-21)20-15-10-14(5-6-16(15)28-29-20)18-11-25-13(2)30(18)3/h4-11H,1-3H3,(H2,24,26,27,28,29)/p+1. The summed E-state index contributed by atoms with van der Waals surface area (Å²) in [6, 6.07) is 12.5. The van der Waals surface area contributed by atoms with E-state index in [1.165, 1.54) is 4.88 Å². The highest BCUT2D eigenvalue weighted by Crippen LogP contribution is 2.34. The average Bonchev–Trinajstić information content (AvgIpc) is 3.54. The number of aromatic amines is 3. The average molecular weight is 427 g/mol. The zero-order chi connectivity index (χ0) is 21.1. The molecule has 0 radical (unpaired) electrons. The van der Waals surface area contributed by atoms with Gasteiger partial charge in [0.15, 0.2) is 11.5 Å². The number of H-pyrrole nitrogens is 3. The monoisotopic (exact) mass is 426 g/mol. The summed E-state index contributed by atoms with van der Waals surface area (Å²) in [6.07, 6.45) is 3.85. The molecule has 0 aliphatic heterocycles. The molecule has 0 unspecified atom stereocenters. The van der Waals surface area contributed by atoms with Crippen LogP contribution in [0.1, 0.15) is 10.7 Å². The summed E-state index contributed by atoms with van der Waals surface area (Å²) < 4.78 is 2.14. The van der Waals surface area contributed by atoms with Gasteiger partial charge in [-0.15, -0.1) is 11.3 Å². The van der Waals surface area contributed by atoms with E-state index in [2.05, 4.69) is 80.9 Å². The Hall–Kier alpha value is -3.78. The van der Waals surface area contributed by atoms with Gasteiger partial charge in [-0.1, -0.05) is 0 Å². The highest BCUT2D eigenvalue weighted by atomic mass is 32.1. The van der Waals surface area contributed by atoms with Crippen LogP contribution in [0.25, 0.3) is 55.3 Å². The highest BCUT2D eigenvalue weighted by Gasteiger charge is 2.18. The number of nitrogens with zero attached hydrogens (tertiary/aromatic N) is 4. The maximum absolute atomic E-state index is 4.91. The molecule has 0 atom stereocenters. The topological polar surface area (TPSA) is 89.9 Å². The molecule has 8 heteroatoms. The summed E-state index contributed by atoms with van der Waals surface area (Å²) in [5.74, 6) is 1.83. The fraction of sp³-hybridized carbons (Fsp3) is 0.130. The van der Waals surface area contributed by atoms with Gasteiger partial charge in [0.2, 0.25) is 0 Å². The molecular formula is C23H20N7S+. The van der Waals surface area contributed by atoms with Crippen LogP contribution in [-0.4, -0.2) is 30.1 Å². The number of imidazole rings is 2. The van der Waals surface area contributed by atoms with Crippen LogP contribution < -0.4 is 4.57 Å². The van der Waals surface area contributed by atoms with Crippen molar-refractivity contribution in [2.45, 2.75) is 13.8 Å². The van der Waals surface area contributed by atoms with E-state index in [4.69, 9.17) is 4.98 Å². The van der Waals surface area contributed by atoms with Crippen LogP contribution in [0.15, 0.2) is 48.8 Å². The molecule has 5 heterocycles. The van der Waals surface area contributed by atoms with Gasteiger partial charge in [-0.2, -0.15) is 5.10 Å². The lowest BCUT2D eigenvalue weighted by Gasteiger charge is -1.99. The normalized spacial score (nSPS) is 11.7. The largest absolute Gasteiger partial charge is 0.336 e. The van der Waals surface area contributed by atoms with Crippen LogP contribution in [0.4, 0.5) is 0 Å². The Bertz CT molecular complexity index is 1580. The van der Waals surface area contributed by atoms with Crippen LogP contribution in [0.3, 0.4) is 0 Å². The van der Waals surface area contributed by atoms with Crippen molar-refractivity contribution in [3.63, 3.8) is 0 Å². The number of benzene rings is 1. The smallest absolute Gasteiger partial charge is 0.251 e. The van der Waals surface area contributed by atoms with E-state index >= 15 is 0 Å². The number of thiophene rings is 1. The number of hydrogen-bond acceptors (Lipinski definition) is 4. The first-order valence-corrected chi connectivity index (χ1v) is 10.8. The Morgan fingerprint density at radius 3 is 2.68 bits per heavy atom. The van der Waals surface area contributed by atoms with Gasteiger partial charge in [0, 0.05) is 28.9 Å². The summed E-state index contributed by atoms with van der Waals surface area (Å²) in [5.41, 5.74) is 6.72. The summed E-state index contributed by atoms with van der Waals surface area (Å²) in [7, 11) is 2.06. The Labute approximate surface area is 181 Å². The third kappa shape index (κ3) is 2.79. The van der Waals surface area contributed by atoms with Crippen molar-refractivity contribution < 1.29 is 4.57 Å². The number of rotatable bonds is 3. The molecule has 152 valence electrons. The van der Waals surface area contributed by atoms with Crippen molar-refractivity contribution >= 4 is 33.3 Å². The molecule has 31 heavy (non-hydrogen) atoms. The van der Waals surface area contributed by atoms with E-state index in [-0.39, 0.29) is 0 Å². The molecule has 0 amide bonds. The van der Waals surface area contributed by atoms with Gasteiger partial charge < -0.3 is 4.98 Å². The second kappa shape index (κ2) is 6.61. The van der Waals surface area contributed by atoms with Crippen LogP contribution >= 0.6 is 11.3 Å². The van der Waals surface area contributed by atoms with E-state index in [0.717, 1.165) is 61.1 Å². The molecule has 0 saturated heterocycles. The van der Waals surface area contributed by atoms with E-state index in [9.17, 15) is 0 Å². The minimum Gasteiger partial charge on any atom is -0.336 e. The van der Waals surface area contributed by atoms with E-state index in [1.54, 1.807) is 11.3 Å². The SMILES string of the molecule is Cc1ccc(-c2nccc3[nH]c(-c4n[nH]c5ccc(-c6c[nH]c(C)[n+]6C)cc45)nc23)s1. The van der Waals surface area contributed by atoms with E-state index in [1.807, 2.05) is 18.5 Å². The van der Waals surface area contributed by atoms with Crippen LogP contribution in [0.2, 0.25) is 0 Å². The second-order valence-corrected chi connectivity index (χ2v) is 8.99. The molecular weight excluding hydrogens is 406 g/mol. The third-order valence-electron chi connectivity index (χ3n) is 5.74. The summed E-state index contributed by atoms with van der Waals surface area (Å²) in [6.45, 7) is 4.16. The van der Waals surface area contributed by atoms with Gasteiger partial charge >= 0.3 is 0 Å². The molecule has 5 aromatic heterocycles. The number of nitrogens with one attached hydrogen (secondary N) is 3. The van der Waals surface area contributed by atoms with Crippen molar-refractivity contribution in [1.29, 1.82) is 0 Å². The molecule has 6 aromatic rings. The van der Waals surface area contributed by atoms with Crippen molar-refractivity contribution in [2.24, 2.45) is 7.05 Å². The van der Waals surface area contributed by atoms with Crippen LogP contribution in [-0.2, 0) is 7.05 Å². The van der Waals surface area contributed by atoms with E-state index < -0.39 is 0 Å². The first-order chi connectivity index (χ1) is 15.1.